The number of aromatic nitrogens is 2. The van der Waals surface area contributed by atoms with Gasteiger partial charge in [0.15, 0.2) is 0 Å². The highest BCUT2D eigenvalue weighted by Crippen LogP contribution is 2.20. The molecule has 1 aromatic carbocycles. The van der Waals surface area contributed by atoms with Crippen LogP contribution in [0, 0.1) is 6.92 Å². The molecular formula is C23H28N4O. The van der Waals surface area contributed by atoms with Crippen LogP contribution in [0.2, 0.25) is 0 Å². The number of carbonyl (C=O) groups excluding carboxylic acids is 1. The second-order valence-corrected chi connectivity index (χ2v) is 7.56. The molecule has 4 rings (SSSR count). The predicted molar refractivity (Wildman–Crippen MR) is 113 cm³/mol. The van der Waals surface area contributed by atoms with E-state index in [1.54, 1.807) is 0 Å². The van der Waals surface area contributed by atoms with E-state index in [4.69, 9.17) is 0 Å². The zero-order chi connectivity index (χ0) is 19.5. The van der Waals surface area contributed by atoms with Crippen molar-refractivity contribution >= 4 is 16.9 Å². The Kier molecular flexibility index (Phi) is 5.44. The van der Waals surface area contributed by atoms with E-state index >= 15 is 0 Å². The number of pyridine rings is 1. The third-order valence-corrected chi connectivity index (χ3v) is 5.71. The molecule has 1 aliphatic heterocycles. The maximum atomic E-state index is 12.7. The summed E-state index contributed by atoms with van der Waals surface area (Å²) in [6, 6.07) is 12.1. The van der Waals surface area contributed by atoms with E-state index in [0.29, 0.717) is 0 Å². The van der Waals surface area contributed by atoms with E-state index in [-0.39, 0.29) is 5.91 Å². The van der Waals surface area contributed by atoms with Crippen LogP contribution >= 0.6 is 0 Å². The van der Waals surface area contributed by atoms with Crippen molar-refractivity contribution in [2.75, 3.05) is 32.7 Å². The Labute approximate surface area is 166 Å². The van der Waals surface area contributed by atoms with E-state index in [9.17, 15) is 4.79 Å². The minimum absolute atomic E-state index is 0.150. The van der Waals surface area contributed by atoms with Gasteiger partial charge >= 0.3 is 0 Å². The second-order valence-electron chi connectivity index (χ2n) is 7.56. The van der Waals surface area contributed by atoms with Gasteiger partial charge in [0.2, 0.25) is 0 Å². The highest BCUT2D eigenvalue weighted by atomic mass is 16.2. The topological polar surface area (TPSA) is 41.4 Å². The molecule has 0 bridgehead atoms. The number of amides is 1. The Morgan fingerprint density at radius 3 is 2.54 bits per heavy atom. The number of rotatable bonds is 5. The lowest BCUT2D eigenvalue weighted by molar-refractivity contribution is 0.0638. The molecule has 0 saturated carbocycles. The van der Waals surface area contributed by atoms with Gasteiger partial charge in [0.05, 0.1) is 0 Å². The van der Waals surface area contributed by atoms with Gasteiger partial charge in [-0.3, -0.25) is 9.69 Å². The summed E-state index contributed by atoms with van der Waals surface area (Å²) >= 11 is 0. The number of piperazine rings is 1. The molecule has 2 aromatic heterocycles. The molecule has 28 heavy (non-hydrogen) atoms. The van der Waals surface area contributed by atoms with Crippen molar-refractivity contribution in [2.24, 2.45) is 0 Å². The summed E-state index contributed by atoms with van der Waals surface area (Å²) in [6.07, 6.45) is 5.12. The minimum Gasteiger partial charge on any atom is -0.336 e. The van der Waals surface area contributed by atoms with Crippen LogP contribution in [-0.2, 0) is 13.0 Å². The van der Waals surface area contributed by atoms with Crippen molar-refractivity contribution in [2.45, 2.75) is 26.8 Å². The Bertz CT molecular complexity index is 952. The average Bonchev–Trinajstić information content (AvgIpc) is 3.11. The number of hydrogen-bond acceptors (Lipinski definition) is 3. The number of fused-ring (bicyclic) bond motifs is 1. The molecule has 146 valence electrons. The normalized spacial score (nSPS) is 15.3. The third-order valence-electron chi connectivity index (χ3n) is 5.71. The summed E-state index contributed by atoms with van der Waals surface area (Å²) in [7, 11) is 0. The SMILES string of the molecule is CCn1cc(CCN2CCN(C(=O)c3ccc(C)cc3)CC2)c2cccnc21. The van der Waals surface area contributed by atoms with Gasteiger partial charge in [-0.05, 0) is 50.1 Å². The first kappa shape index (κ1) is 18.7. The van der Waals surface area contributed by atoms with Gasteiger partial charge in [-0.2, -0.15) is 0 Å². The highest BCUT2D eigenvalue weighted by Gasteiger charge is 2.22. The lowest BCUT2D eigenvalue weighted by atomic mass is 10.1. The zero-order valence-corrected chi connectivity index (χ0v) is 16.8. The predicted octanol–water partition coefficient (Wildman–Crippen LogP) is 3.37. The van der Waals surface area contributed by atoms with E-state index in [1.807, 2.05) is 48.4 Å². The third kappa shape index (κ3) is 3.80. The van der Waals surface area contributed by atoms with E-state index in [2.05, 4.69) is 33.6 Å². The van der Waals surface area contributed by atoms with Crippen LogP contribution in [0.15, 0.2) is 48.8 Å². The largest absolute Gasteiger partial charge is 0.336 e. The van der Waals surface area contributed by atoms with Gasteiger partial charge in [-0.1, -0.05) is 17.7 Å². The molecule has 1 aliphatic rings. The lowest BCUT2D eigenvalue weighted by Crippen LogP contribution is -2.49. The minimum atomic E-state index is 0.150. The molecule has 0 radical (unpaired) electrons. The molecule has 5 heteroatoms. The number of nitrogens with zero attached hydrogens (tertiary/aromatic N) is 4. The first-order valence-corrected chi connectivity index (χ1v) is 10.2. The summed E-state index contributed by atoms with van der Waals surface area (Å²) in [4.78, 5) is 21.7. The van der Waals surface area contributed by atoms with E-state index in [1.165, 1.54) is 16.5 Å². The highest BCUT2D eigenvalue weighted by molar-refractivity contribution is 5.94. The number of aryl methyl sites for hydroxylation is 2. The van der Waals surface area contributed by atoms with Gasteiger partial charge < -0.3 is 9.47 Å². The Morgan fingerprint density at radius 1 is 1.07 bits per heavy atom. The molecule has 5 nitrogen and oxygen atoms in total. The molecule has 1 fully saturated rings. The van der Waals surface area contributed by atoms with Gasteiger partial charge in [-0.15, -0.1) is 0 Å². The van der Waals surface area contributed by atoms with E-state index in [0.717, 1.165) is 56.9 Å². The Balaban J connectivity index is 1.34. The van der Waals surface area contributed by atoms with Crippen LogP contribution in [0.4, 0.5) is 0 Å². The molecule has 0 unspecified atom stereocenters. The average molecular weight is 377 g/mol. The van der Waals surface area contributed by atoms with Crippen molar-refractivity contribution in [3.63, 3.8) is 0 Å². The first-order valence-electron chi connectivity index (χ1n) is 10.2. The Morgan fingerprint density at radius 2 is 1.82 bits per heavy atom. The fraction of sp³-hybridized carbons (Fsp3) is 0.391. The van der Waals surface area contributed by atoms with Gasteiger partial charge in [0.25, 0.3) is 5.91 Å². The van der Waals surface area contributed by atoms with Crippen LogP contribution in [0.5, 0.6) is 0 Å². The maximum absolute atomic E-state index is 12.7. The first-order chi connectivity index (χ1) is 13.7. The second kappa shape index (κ2) is 8.15. The van der Waals surface area contributed by atoms with Crippen molar-refractivity contribution in [3.8, 4) is 0 Å². The summed E-state index contributed by atoms with van der Waals surface area (Å²) in [6.45, 7) is 9.61. The monoisotopic (exact) mass is 376 g/mol. The standard InChI is InChI=1S/C23H28N4O/c1-3-26-17-20(21-5-4-11-24-22(21)26)10-12-25-13-15-27(16-14-25)23(28)19-8-6-18(2)7-9-19/h4-9,11,17H,3,10,12-16H2,1-2H3. The molecule has 1 amide bonds. The van der Waals surface area contributed by atoms with Gasteiger partial charge in [0.1, 0.15) is 5.65 Å². The molecule has 0 spiro atoms. The van der Waals surface area contributed by atoms with E-state index < -0.39 is 0 Å². The molecule has 1 saturated heterocycles. The zero-order valence-electron chi connectivity index (χ0n) is 16.8. The molecule has 0 atom stereocenters. The maximum Gasteiger partial charge on any atom is 0.253 e. The smallest absolute Gasteiger partial charge is 0.253 e. The Hall–Kier alpha value is -2.66. The van der Waals surface area contributed by atoms with Crippen LogP contribution in [0.25, 0.3) is 11.0 Å². The molecule has 3 aromatic rings. The van der Waals surface area contributed by atoms with Crippen LogP contribution < -0.4 is 0 Å². The number of hydrogen-bond donors (Lipinski definition) is 0. The molecule has 0 N–H and O–H groups in total. The summed E-state index contributed by atoms with van der Waals surface area (Å²) < 4.78 is 2.23. The lowest BCUT2D eigenvalue weighted by Gasteiger charge is -2.34. The van der Waals surface area contributed by atoms with Crippen molar-refractivity contribution in [3.05, 3.63) is 65.5 Å². The fourth-order valence-electron chi connectivity index (χ4n) is 3.97. The fourth-order valence-corrected chi connectivity index (χ4v) is 3.97. The van der Waals surface area contributed by atoms with Crippen molar-refractivity contribution < 1.29 is 4.79 Å². The number of carbonyl (C=O) groups is 1. The molecule has 0 aliphatic carbocycles. The van der Waals surface area contributed by atoms with Crippen LogP contribution in [0.3, 0.4) is 0 Å². The van der Waals surface area contributed by atoms with Crippen molar-refractivity contribution in [1.82, 2.24) is 19.4 Å². The summed E-state index contributed by atoms with van der Waals surface area (Å²) in [5.41, 5.74) is 4.41. The summed E-state index contributed by atoms with van der Waals surface area (Å²) in [5, 5.41) is 1.26. The van der Waals surface area contributed by atoms with Gasteiger partial charge in [-0.25, -0.2) is 4.98 Å². The molecular weight excluding hydrogens is 348 g/mol. The molecule has 3 heterocycles. The van der Waals surface area contributed by atoms with Gasteiger partial charge in [0, 0.05) is 62.6 Å². The van der Waals surface area contributed by atoms with Crippen molar-refractivity contribution in [1.29, 1.82) is 0 Å². The quantitative estimate of drug-likeness (QED) is 0.686. The van der Waals surface area contributed by atoms with Crippen LogP contribution in [-0.4, -0.2) is 58.0 Å². The summed E-state index contributed by atoms with van der Waals surface area (Å²) in [5.74, 6) is 0.150. The van der Waals surface area contributed by atoms with Crippen LogP contribution in [0.1, 0.15) is 28.4 Å². The number of benzene rings is 1.